The van der Waals surface area contributed by atoms with Crippen LogP contribution in [0.25, 0.3) is 0 Å². The van der Waals surface area contributed by atoms with Crippen LogP contribution in [0.3, 0.4) is 0 Å². The fourth-order valence-corrected chi connectivity index (χ4v) is 4.19. The molecule has 1 aromatic rings. The lowest BCUT2D eigenvalue weighted by molar-refractivity contribution is -0.140. The molecule has 0 aromatic heterocycles. The SMILES string of the molecule is NCC(NS(=O)(=O)c1ccc(C(F)(F)F)c(F)c1)C1CCCC1. The van der Waals surface area contributed by atoms with Crippen molar-refractivity contribution in [1.82, 2.24) is 4.72 Å². The maximum Gasteiger partial charge on any atom is 0.419 e. The highest BCUT2D eigenvalue weighted by Crippen LogP contribution is 2.32. The third kappa shape index (κ3) is 4.21. The molecule has 1 aliphatic carbocycles. The van der Waals surface area contributed by atoms with E-state index in [0.717, 1.165) is 31.7 Å². The summed E-state index contributed by atoms with van der Waals surface area (Å²) in [7, 11) is -4.13. The van der Waals surface area contributed by atoms with Crippen molar-refractivity contribution in [1.29, 1.82) is 0 Å². The van der Waals surface area contributed by atoms with Gasteiger partial charge in [-0.3, -0.25) is 0 Å². The first-order valence-electron chi connectivity index (χ1n) is 7.24. The summed E-state index contributed by atoms with van der Waals surface area (Å²) in [4.78, 5) is -0.542. The molecule has 0 radical (unpaired) electrons. The summed E-state index contributed by atoms with van der Waals surface area (Å²) < 4.78 is 78.0. The number of hydrogen-bond donors (Lipinski definition) is 2. The first-order valence-corrected chi connectivity index (χ1v) is 8.72. The number of alkyl halides is 3. The topological polar surface area (TPSA) is 72.2 Å². The van der Waals surface area contributed by atoms with E-state index in [4.69, 9.17) is 5.73 Å². The Kier molecular flexibility index (Phi) is 5.32. The lowest BCUT2D eigenvalue weighted by Crippen LogP contribution is -2.44. The molecule has 1 saturated carbocycles. The van der Waals surface area contributed by atoms with Crippen LogP contribution in [-0.4, -0.2) is 21.0 Å². The van der Waals surface area contributed by atoms with E-state index < -0.39 is 38.5 Å². The summed E-state index contributed by atoms with van der Waals surface area (Å²) in [6.45, 7) is 0.0764. The number of rotatable bonds is 5. The first-order chi connectivity index (χ1) is 10.6. The maximum atomic E-state index is 13.6. The van der Waals surface area contributed by atoms with Crippen LogP contribution in [0.5, 0.6) is 0 Å². The summed E-state index contributed by atoms with van der Waals surface area (Å²) in [6, 6.07) is 1.05. The molecule has 1 aromatic carbocycles. The van der Waals surface area contributed by atoms with Gasteiger partial charge in [-0.1, -0.05) is 12.8 Å². The number of halogens is 4. The highest BCUT2D eigenvalue weighted by atomic mass is 32.2. The Morgan fingerprint density at radius 3 is 2.35 bits per heavy atom. The molecular weight excluding hydrogens is 336 g/mol. The van der Waals surface area contributed by atoms with E-state index in [2.05, 4.69) is 4.72 Å². The molecule has 0 saturated heterocycles. The zero-order chi connectivity index (χ0) is 17.3. The second kappa shape index (κ2) is 6.74. The van der Waals surface area contributed by atoms with Crippen LogP contribution in [0.1, 0.15) is 31.2 Å². The summed E-state index contributed by atoms with van der Waals surface area (Å²) in [6.07, 6.45) is -1.23. The molecule has 0 bridgehead atoms. The van der Waals surface area contributed by atoms with Gasteiger partial charge in [0.25, 0.3) is 0 Å². The Labute approximate surface area is 132 Å². The summed E-state index contributed by atoms with van der Waals surface area (Å²) in [5.74, 6) is -1.53. The maximum absolute atomic E-state index is 13.6. The van der Waals surface area contributed by atoms with Crippen LogP contribution in [0, 0.1) is 11.7 Å². The minimum absolute atomic E-state index is 0.0764. The van der Waals surface area contributed by atoms with Gasteiger partial charge in [-0.2, -0.15) is 13.2 Å². The van der Waals surface area contributed by atoms with Gasteiger partial charge in [-0.05, 0) is 37.0 Å². The lowest BCUT2D eigenvalue weighted by Gasteiger charge is -2.23. The Bertz CT molecular complexity index is 655. The molecule has 0 aliphatic heterocycles. The molecule has 1 aliphatic rings. The summed E-state index contributed by atoms with van der Waals surface area (Å²) >= 11 is 0. The standard InChI is InChI=1S/C14H18F4N2O2S/c15-12-7-10(5-6-11(12)14(16,17)18)23(21,22)20-13(8-19)9-3-1-2-4-9/h5-7,9,13,20H,1-4,8,19H2. The van der Waals surface area contributed by atoms with Gasteiger partial charge in [0.1, 0.15) is 5.82 Å². The number of nitrogens with one attached hydrogen (secondary N) is 1. The van der Waals surface area contributed by atoms with Gasteiger partial charge in [-0.25, -0.2) is 17.5 Å². The fourth-order valence-electron chi connectivity index (χ4n) is 2.86. The van der Waals surface area contributed by atoms with Crippen molar-refractivity contribution in [2.75, 3.05) is 6.54 Å². The van der Waals surface area contributed by atoms with Crippen LogP contribution in [0.15, 0.2) is 23.1 Å². The highest BCUT2D eigenvalue weighted by molar-refractivity contribution is 7.89. The van der Waals surface area contributed by atoms with Crippen LogP contribution < -0.4 is 10.5 Å². The molecule has 9 heteroatoms. The normalized spacial score (nSPS) is 18.3. The van der Waals surface area contributed by atoms with Gasteiger partial charge in [-0.15, -0.1) is 0 Å². The van der Waals surface area contributed by atoms with Crippen molar-refractivity contribution < 1.29 is 26.0 Å². The Morgan fingerprint density at radius 1 is 1.26 bits per heavy atom. The van der Waals surface area contributed by atoms with E-state index in [1.54, 1.807) is 0 Å². The zero-order valence-electron chi connectivity index (χ0n) is 12.2. The van der Waals surface area contributed by atoms with Gasteiger partial charge in [0, 0.05) is 12.6 Å². The average Bonchev–Trinajstić information content (AvgIpc) is 2.97. The predicted octanol–water partition coefficient (Wildman–Crippen LogP) is 2.64. The zero-order valence-corrected chi connectivity index (χ0v) is 13.1. The smallest absolute Gasteiger partial charge is 0.329 e. The van der Waals surface area contributed by atoms with E-state index in [1.165, 1.54) is 0 Å². The lowest BCUT2D eigenvalue weighted by atomic mass is 9.99. The fraction of sp³-hybridized carbons (Fsp3) is 0.571. The molecule has 130 valence electrons. The monoisotopic (exact) mass is 354 g/mol. The van der Waals surface area contributed by atoms with Gasteiger partial charge < -0.3 is 5.73 Å². The van der Waals surface area contributed by atoms with E-state index >= 15 is 0 Å². The van der Waals surface area contributed by atoms with Crippen molar-refractivity contribution >= 4 is 10.0 Å². The molecule has 0 heterocycles. The Balaban J connectivity index is 2.23. The minimum atomic E-state index is -4.87. The van der Waals surface area contributed by atoms with Gasteiger partial charge in [0.15, 0.2) is 0 Å². The summed E-state index contributed by atoms with van der Waals surface area (Å²) in [5.41, 5.74) is 4.10. The van der Waals surface area contributed by atoms with Crippen molar-refractivity contribution in [3.8, 4) is 0 Å². The number of nitrogens with two attached hydrogens (primary N) is 1. The molecule has 3 N–H and O–H groups in total. The van der Waals surface area contributed by atoms with Gasteiger partial charge in [0.05, 0.1) is 10.5 Å². The van der Waals surface area contributed by atoms with E-state index in [-0.39, 0.29) is 12.5 Å². The minimum Gasteiger partial charge on any atom is -0.329 e. The summed E-state index contributed by atoms with van der Waals surface area (Å²) in [5, 5.41) is 0. The second-order valence-electron chi connectivity index (χ2n) is 5.65. The van der Waals surface area contributed by atoms with Crippen molar-refractivity contribution in [2.45, 2.75) is 42.8 Å². The molecule has 1 fully saturated rings. The molecule has 0 amide bonds. The van der Waals surface area contributed by atoms with Crippen LogP contribution >= 0.6 is 0 Å². The molecule has 23 heavy (non-hydrogen) atoms. The van der Waals surface area contributed by atoms with Crippen LogP contribution in [0.2, 0.25) is 0 Å². The number of benzene rings is 1. The number of sulfonamides is 1. The third-order valence-electron chi connectivity index (χ3n) is 4.09. The van der Waals surface area contributed by atoms with E-state index in [1.807, 2.05) is 0 Å². The number of hydrogen-bond acceptors (Lipinski definition) is 3. The molecule has 1 unspecified atom stereocenters. The largest absolute Gasteiger partial charge is 0.419 e. The first kappa shape index (κ1) is 18.2. The third-order valence-corrected chi connectivity index (χ3v) is 5.57. The van der Waals surface area contributed by atoms with Crippen LogP contribution in [0.4, 0.5) is 17.6 Å². The quantitative estimate of drug-likeness (QED) is 0.799. The predicted molar refractivity (Wildman–Crippen MR) is 76.5 cm³/mol. The Hall–Kier alpha value is -1.19. The van der Waals surface area contributed by atoms with E-state index in [9.17, 15) is 26.0 Å². The molecule has 4 nitrogen and oxygen atoms in total. The van der Waals surface area contributed by atoms with E-state index in [0.29, 0.717) is 12.1 Å². The van der Waals surface area contributed by atoms with Gasteiger partial charge >= 0.3 is 6.18 Å². The van der Waals surface area contributed by atoms with Crippen molar-refractivity contribution in [3.63, 3.8) is 0 Å². The molecule has 1 atom stereocenters. The molecule has 0 spiro atoms. The van der Waals surface area contributed by atoms with Crippen molar-refractivity contribution in [2.24, 2.45) is 11.7 Å². The highest BCUT2D eigenvalue weighted by Gasteiger charge is 2.35. The molecular formula is C14H18F4N2O2S. The Morgan fingerprint density at radius 2 is 1.87 bits per heavy atom. The van der Waals surface area contributed by atoms with Crippen molar-refractivity contribution in [3.05, 3.63) is 29.6 Å². The second-order valence-corrected chi connectivity index (χ2v) is 7.36. The molecule has 2 rings (SSSR count). The average molecular weight is 354 g/mol. The van der Waals surface area contributed by atoms with Crippen LogP contribution in [-0.2, 0) is 16.2 Å². The van der Waals surface area contributed by atoms with Gasteiger partial charge in [0.2, 0.25) is 10.0 Å².